The Hall–Kier alpha value is 0.420. The molecule has 3 nitrogen and oxygen atoms in total. The molecule has 0 bridgehead atoms. The van der Waals surface area contributed by atoms with Gasteiger partial charge in [-0.25, -0.2) is 8.42 Å². The van der Waals surface area contributed by atoms with Crippen LogP contribution in [0.15, 0.2) is 24.3 Å². The van der Waals surface area contributed by atoms with Gasteiger partial charge in [-0.1, -0.05) is 29.8 Å². The third-order valence-electron chi connectivity index (χ3n) is 1.57. The van der Waals surface area contributed by atoms with Crippen molar-refractivity contribution in [2.75, 3.05) is 0 Å². The fourth-order valence-electron chi connectivity index (χ4n) is 0.919. The van der Waals surface area contributed by atoms with E-state index in [0.717, 1.165) is 5.56 Å². The Kier molecular flexibility index (Phi) is 6.28. The van der Waals surface area contributed by atoms with Crippen molar-refractivity contribution in [3.8, 4) is 0 Å². The van der Waals surface area contributed by atoms with E-state index >= 15 is 0 Å². The molecule has 0 unspecified atom stereocenters. The first-order chi connectivity index (χ1) is 6.03. The molecule has 0 N–H and O–H groups in total. The zero-order valence-corrected chi connectivity index (χ0v) is 11.6. The van der Waals surface area contributed by atoms with Crippen LogP contribution in [0.5, 0.6) is 0 Å². The Balaban J connectivity index is 0.00000169. The number of halogens is 1. The largest absolute Gasteiger partial charge is 1.00 e. The van der Waals surface area contributed by atoms with Crippen LogP contribution in [0, 0.1) is 6.92 Å². The van der Waals surface area contributed by atoms with Gasteiger partial charge in [-0.2, -0.15) is 0 Å². The molecule has 0 saturated carbocycles. The van der Waals surface area contributed by atoms with Gasteiger partial charge in [0.1, 0.15) is 0 Å². The van der Waals surface area contributed by atoms with Crippen molar-refractivity contribution in [2.45, 2.75) is 12.7 Å². The number of hydrogen-bond acceptors (Lipinski definition) is 2. The molecule has 0 aliphatic rings. The average molecular weight is 242 g/mol. The van der Waals surface area contributed by atoms with Crippen molar-refractivity contribution in [1.82, 2.24) is 0 Å². The summed E-state index contributed by atoms with van der Waals surface area (Å²) in [5.41, 5.74) is 1.78. The molecule has 0 heterocycles. The number of hydrogen-bond donors (Lipinski definition) is 0. The van der Waals surface area contributed by atoms with Crippen LogP contribution in [0.4, 0.5) is 0 Å². The number of benzene rings is 1. The van der Waals surface area contributed by atoms with Gasteiger partial charge in [-0.05, 0) is 12.5 Å². The monoisotopic (exact) mass is 241 g/mol. The van der Waals surface area contributed by atoms with Crippen molar-refractivity contribution >= 4 is 21.8 Å². The SMILES string of the molecule is Cc1ccc(CS(=O)(=O)[N-]Cl)cc1.[Na+]. The Labute approximate surface area is 111 Å². The van der Waals surface area contributed by atoms with Crippen LogP contribution in [-0.4, -0.2) is 8.42 Å². The molecule has 1 aromatic carbocycles. The van der Waals surface area contributed by atoms with Crippen LogP contribution < -0.4 is 29.6 Å². The third kappa shape index (κ3) is 4.77. The van der Waals surface area contributed by atoms with Crippen molar-refractivity contribution in [1.29, 1.82) is 0 Å². The molecule has 14 heavy (non-hydrogen) atoms. The van der Waals surface area contributed by atoms with Gasteiger partial charge in [0, 0.05) is 0 Å². The number of nitrogens with zero attached hydrogens (tertiary/aromatic N) is 1. The Bertz CT molecular complexity index is 377. The Morgan fingerprint density at radius 3 is 2.21 bits per heavy atom. The molecule has 72 valence electrons. The van der Waals surface area contributed by atoms with E-state index < -0.39 is 10.0 Å². The van der Waals surface area contributed by atoms with E-state index in [1.54, 1.807) is 12.1 Å². The maximum atomic E-state index is 11.0. The topological polar surface area (TPSA) is 48.2 Å². The van der Waals surface area contributed by atoms with Crippen LogP contribution in [0.2, 0.25) is 0 Å². The van der Waals surface area contributed by atoms with Crippen molar-refractivity contribution in [3.63, 3.8) is 0 Å². The molecule has 0 aliphatic carbocycles. The van der Waals surface area contributed by atoms with Gasteiger partial charge >= 0.3 is 29.6 Å². The van der Waals surface area contributed by atoms with E-state index in [1.807, 2.05) is 19.1 Å². The predicted molar refractivity (Wildman–Crippen MR) is 53.0 cm³/mol. The number of rotatable bonds is 3. The molecule has 0 spiro atoms. The summed E-state index contributed by atoms with van der Waals surface area (Å²) in [5, 5.41) is 0. The maximum Gasteiger partial charge on any atom is 1.00 e. The molecule has 1 aromatic rings. The van der Waals surface area contributed by atoms with Crippen molar-refractivity contribution < 1.29 is 38.0 Å². The Morgan fingerprint density at radius 1 is 1.29 bits per heavy atom. The third-order valence-corrected chi connectivity index (χ3v) is 3.11. The van der Waals surface area contributed by atoms with Crippen LogP contribution >= 0.6 is 11.8 Å². The van der Waals surface area contributed by atoms with Gasteiger partial charge in [0.2, 0.25) is 0 Å². The summed E-state index contributed by atoms with van der Waals surface area (Å²) < 4.78 is 24.7. The molecule has 0 saturated heterocycles. The second-order valence-electron chi connectivity index (χ2n) is 2.78. The molecule has 0 atom stereocenters. The molecular formula is C8H9ClNNaO2S. The smallest absolute Gasteiger partial charge is 0.462 e. The van der Waals surface area contributed by atoms with Crippen molar-refractivity contribution in [3.05, 3.63) is 39.6 Å². The van der Waals surface area contributed by atoms with E-state index in [9.17, 15) is 8.42 Å². The van der Waals surface area contributed by atoms with Gasteiger partial charge in [-0.3, -0.25) is 11.8 Å². The van der Waals surface area contributed by atoms with Gasteiger partial charge in [-0.15, -0.1) is 0 Å². The minimum atomic E-state index is -3.49. The van der Waals surface area contributed by atoms with Gasteiger partial charge in [0.15, 0.2) is 0 Å². The number of aryl methyl sites for hydroxylation is 1. The van der Waals surface area contributed by atoms with E-state index in [0.29, 0.717) is 5.56 Å². The molecule has 0 amide bonds. The summed E-state index contributed by atoms with van der Waals surface area (Å²) in [6, 6.07) is 7.18. The van der Waals surface area contributed by atoms with E-state index in [2.05, 4.69) is 4.24 Å². The maximum absolute atomic E-state index is 11.0. The summed E-state index contributed by atoms with van der Waals surface area (Å²) >= 11 is 4.91. The van der Waals surface area contributed by atoms with Crippen LogP contribution in [-0.2, 0) is 15.8 Å². The van der Waals surface area contributed by atoms with Gasteiger partial charge in [0.05, 0.1) is 15.8 Å². The fourth-order valence-corrected chi connectivity index (χ4v) is 1.73. The van der Waals surface area contributed by atoms with E-state index in [1.165, 1.54) is 0 Å². The molecule has 0 aliphatic heterocycles. The van der Waals surface area contributed by atoms with Crippen molar-refractivity contribution in [2.24, 2.45) is 0 Å². The van der Waals surface area contributed by atoms with E-state index in [-0.39, 0.29) is 35.3 Å². The molecule has 1 rings (SSSR count). The molecule has 0 aromatic heterocycles. The second-order valence-corrected chi connectivity index (χ2v) is 4.79. The van der Waals surface area contributed by atoms with Gasteiger partial charge in [0.25, 0.3) is 0 Å². The summed E-state index contributed by atoms with van der Waals surface area (Å²) in [6.07, 6.45) is 0. The summed E-state index contributed by atoms with van der Waals surface area (Å²) in [6.45, 7) is 1.93. The minimum Gasteiger partial charge on any atom is -0.462 e. The van der Waals surface area contributed by atoms with Crippen LogP contribution in [0.1, 0.15) is 11.1 Å². The fraction of sp³-hybridized carbons (Fsp3) is 0.250. The quantitative estimate of drug-likeness (QED) is 0.661. The number of sulfonamides is 1. The molecule has 0 radical (unpaired) electrons. The first kappa shape index (κ1) is 14.4. The molecule has 0 fully saturated rings. The average Bonchev–Trinajstić information content (AvgIpc) is 2.09. The summed E-state index contributed by atoms with van der Waals surface area (Å²) in [5.74, 6) is -0.142. The molecule has 6 heteroatoms. The standard InChI is InChI=1S/C8H9ClNO2S.Na/c1-7-2-4-8(5-3-7)6-13(11,12)10-9;/h2-5H,6H2,1H3;/q-1;+1. The van der Waals surface area contributed by atoms with Gasteiger partial charge < -0.3 is 4.24 Å². The van der Waals surface area contributed by atoms with E-state index in [4.69, 9.17) is 11.8 Å². The summed E-state index contributed by atoms with van der Waals surface area (Å²) in [4.78, 5) is 0. The van der Waals surface area contributed by atoms with Crippen LogP contribution in [0.25, 0.3) is 4.24 Å². The zero-order chi connectivity index (χ0) is 9.90. The van der Waals surface area contributed by atoms with Crippen LogP contribution in [0.3, 0.4) is 0 Å². The first-order valence-electron chi connectivity index (χ1n) is 3.65. The molecular weight excluding hydrogens is 233 g/mol. The second kappa shape index (κ2) is 6.10. The zero-order valence-electron chi connectivity index (χ0n) is 8.07. The summed E-state index contributed by atoms with van der Waals surface area (Å²) in [7, 11) is -3.49. The Morgan fingerprint density at radius 2 is 1.79 bits per heavy atom. The minimum absolute atomic E-state index is 0. The first-order valence-corrected chi connectivity index (χ1v) is 5.60. The predicted octanol–water partition coefficient (Wildman–Crippen LogP) is -0.644. The normalized spacial score (nSPS) is 10.7.